The van der Waals surface area contributed by atoms with Crippen LogP contribution in [0, 0.1) is 5.92 Å². The lowest BCUT2D eigenvalue weighted by Gasteiger charge is -2.33. The fourth-order valence-electron chi connectivity index (χ4n) is 3.50. The molecule has 1 saturated carbocycles. The fourth-order valence-corrected chi connectivity index (χ4v) is 3.50. The number of hydrogen-bond acceptors (Lipinski definition) is 1. The minimum atomic E-state index is -0.536. The van der Waals surface area contributed by atoms with Crippen LogP contribution in [-0.4, -0.2) is 29.2 Å². The molecule has 2 unspecified atom stereocenters. The summed E-state index contributed by atoms with van der Waals surface area (Å²) in [5, 5.41) is 0. The second-order valence-corrected chi connectivity index (χ2v) is 4.80. The van der Waals surface area contributed by atoms with E-state index in [0.717, 1.165) is 31.3 Å². The summed E-state index contributed by atoms with van der Waals surface area (Å²) < 4.78 is 13.2. The Morgan fingerprint density at radius 3 is 2.31 bits per heavy atom. The van der Waals surface area contributed by atoms with Crippen molar-refractivity contribution >= 4 is 0 Å². The van der Waals surface area contributed by atoms with E-state index in [-0.39, 0.29) is 0 Å². The van der Waals surface area contributed by atoms with Crippen molar-refractivity contribution in [3.8, 4) is 0 Å². The van der Waals surface area contributed by atoms with E-state index in [0.29, 0.717) is 5.54 Å². The van der Waals surface area contributed by atoms with Crippen molar-refractivity contribution in [3.05, 3.63) is 0 Å². The molecular formula is C14H28FN. The minimum absolute atomic E-state index is 0.299. The predicted molar refractivity (Wildman–Crippen MR) is 68.4 cm³/mol. The van der Waals surface area contributed by atoms with E-state index in [1.54, 1.807) is 0 Å². The summed E-state index contributed by atoms with van der Waals surface area (Å²) in [5.41, 5.74) is 0.299. The van der Waals surface area contributed by atoms with Crippen molar-refractivity contribution < 1.29 is 4.39 Å². The van der Waals surface area contributed by atoms with Crippen LogP contribution in [-0.2, 0) is 0 Å². The van der Waals surface area contributed by atoms with E-state index in [1.165, 1.54) is 12.8 Å². The zero-order valence-corrected chi connectivity index (χ0v) is 11.6. The van der Waals surface area contributed by atoms with Crippen LogP contribution >= 0.6 is 0 Å². The Morgan fingerprint density at radius 1 is 1.19 bits per heavy atom. The first-order valence-electron chi connectivity index (χ1n) is 7.16. The SMILES string of the molecule is CC.CC.CC[C@@]12CC3CC3N1C[C@H](F)C2. The Labute approximate surface area is 100 Å². The highest BCUT2D eigenvalue weighted by atomic mass is 19.1. The molecule has 0 radical (unpaired) electrons. The second kappa shape index (κ2) is 5.48. The van der Waals surface area contributed by atoms with Gasteiger partial charge in [-0.3, -0.25) is 4.90 Å². The molecule has 3 rings (SSSR count). The maximum atomic E-state index is 13.2. The summed E-state index contributed by atoms with van der Waals surface area (Å²) in [5.74, 6) is 0.942. The van der Waals surface area contributed by atoms with Crippen LogP contribution in [0.25, 0.3) is 0 Å². The number of rotatable bonds is 1. The maximum Gasteiger partial charge on any atom is 0.115 e. The van der Waals surface area contributed by atoms with Gasteiger partial charge in [0.1, 0.15) is 6.17 Å². The molecule has 16 heavy (non-hydrogen) atoms. The lowest BCUT2D eigenvalue weighted by atomic mass is 9.89. The Morgan fingerprint density at radius 2 is 1.81 bits per heavy atom. The lowest BCUT2D eigenvalue weighted by molar-refractivity contribution is 0.155. The van der Waals surface area contributed by atoms with Crippen LogP contribution < -0.4 is 0 Å². The summed E-state index contributed by atoms with van der Waals surface area (Å²) in [6.07, 6.45) is 4.08. The molecule has 0 bridgehead atoms. The van der Waals surface area contributed by atoms with Crippen molar-refractivity contribution in [1.82, 2.24) is 4.90 Å². The molecular weight excluding hydrogens is 201 g/mol. The molecule has 2 aliphatic heterocycles. The third kappa shape index (κ3) is 2.13. The Hall–Kier alpha value is -0.110. The number of alkyl halides is 1. The van der Waals surface area contributed by atoms with Crippen molar-refractivity contribution in [2.45, 2.75) is 78.1 Å². The van der Waals surface area contributed by atoms with E-state index in [4.69, 9.17) is 0 Å². The van der Waals surface area contributed by atoms with Gasteiger partial charge in [-0.05, 0) is 31.6 Å². The molecule has 4 atom stereocenters. The van der Waals surface area contributed by atoms with Crippen LogP contribution in [0.5, 0.6) is 0 Å². The summed E-state index contributed by atoms with van der Waals surface area (Å²) in [7, 11) is 0. The Bertz CT molecular complexity index is 215. The first-order valence-corrected chi connectivity index (χ1v) is 7.16. The van der Waals surface area contributed by atoms with Crippen LogP contribution in [0.4, 0.5) is 4.39 Å². The molecule has 96 valence electrons. The molecule has 2 heteroatoms. The van der Waals surface area contributed by atoms with E-state index in [2.05, 4.69) is 11.8 Å². The highest BCUT2D eigenvalue weighted by Crippen LogP contribution is 2.58. The van der Waals surface area contributed by atoms with Gasteiger partial charge in [0.05, 0.1) is 0 Å². The molecule has 0 amide bonds. The van der Waals surface area contributed by atoms with Crippen LogP contribution in [0.1, 0.15) is 60.3 Å². The van der Waals surface area contributed by atoms with Gasteiger partial charge in [-0.25, -0.2) is 4.39 Å². The number of nitrogens with zero attached hydrogens (tertiary/aromatic N) is 1. The summed E-state index contributed by atoms with van der Waals surface area (Å²) >= 11 is 0. The lowest BCUT2D eigenvalue weighted by Crippen LogP contribution is -2.40. The smallest absolute Gasteiger partial charge is 0.115 e. The number of halogens is 1. The molecule has 3 fully saturated rings. The summed E-state index contributed by atoms with van der Waals surface area (Å²) in [6.45, 7) is 10.9. The van der Waals surface area contributed by atoms with Gasteiger partial charge < -0.3 is 0 Å². The van der Waals surface area contributed by atoms with Crippen LogP contribution in [0.15, 0.2) is 0 Å². The fraction of sp³-hybridized carbons (Fsp3) is 1.00. The molecule has 2 heterocycles. The Kier molecular flexibility index (Phi) is 4.78. The van der Waals surface area contributed by atoms with Gasteiger partial charge in [0.25, 0.3) is 0 Å². The molecule has 0 aromatic carbocycles. The third-order valence-corrected chi connectivity index (χ3v) is 4.19. The summed E-state index contributed by atoms with van der Waals surface area (Å²) in [4.78, 5) is 2.47. The predicted octanol–water partition coefficient (Wildman–Crippen LogP) is 4.02. The number of fused-ring (bicyclic) bond motifs is 3. The highest BCUT2D eigenvalue weighted by molar-refractivity contribution is 5.16. The monoisotopic (exact) mass is 229 g/mol. The van der Waals surface area contributed by atoms with Gasteiger partial charge in [-0.1, -0.05) is 34.6 Å². The van der Waals surface area contributed by atoms with Crippen LogP contribution in [0.3, 0.4) is 0 Å². The van der Waals surface area contributed by atoms with Crippen molar-refractivity contribution in [3.63, 3.8) is 0 Å². The number of hydrogen-bond donors (Lipinski definition) is 0. The molecule has 0 aromatic rings. The molecule has 1 nitrogen and oxygen atoms in total. The minimum Gasteiger partial charge on any atom is -0.291 e. The quantitative estimate of drug-likeness (QED) is 0.656. The average molecular weight is 229 g/mol. The average Bonchev–Trinajstić information content (AvgIpc) is 2.90. The molecule has 0 aromatic heterocycles. The van der Waals surface area contributed by atoms with Crippen molar-refractivity contribution in [1.29, 1.82) is 0 Å². The molecule has 1 aliphatic carbocycles. The normalized spacial score (nSPS) is 43.5. The van der Waals surface area contributed by atoms with Gasteiger partial charge >= 0.3 is 0 Å². The highest BCUT2D eigenvalue weighted by Gasteiger charge is 2.62. The van der Waals surface area contributed by atoms with Gasteiger partial charge in [0, 0.05) is 18.1 Å². The number of piperidine rings is 1. The molecule has 0 N–H and O–H groups in total. The standard InChI is InChI=1S/C10H16FN.2C2H6/c1-2-10-4-7-3-9(7)12(10)6-8(11)5-10;2*1-2/h7-9H,2-6H2,1H3;2*1-2H3/t7?,8-,9?,10+;;/m1../s1. The van der Waals surface area contributed by atoms with E-state index < -0.39 is 6.17 Å². The third-order valence-electron chi connectivity index (χ3n) is 4.19. The molecule has 3 aliphatic rings. The Balaban J connectivity index is 0.000000291. The largest absolute Gasteiger partial charge is 0.291 e. The van der Waals surface area contributed by atoms with Gasteiger partial charge in [0.15, 0.2) is 0 Å². The van der Waals surface area contributed by atoms with Crippen molar-refractivity contribution in [2.24, 2.45) is 5.92 Å². The first kappa shape index (κ1) is 14.0. The molecule has 0 spiro atoms. The molecule has 2 saturated heterocycles. The zero-order valence-electron chi connectivity index (χ0n) is 11.6. The maximum absolute atomic E-state index is 13.2. The second-order valence-electron chi connectivity index (χ2n) is 4.80. The van der Waals surface area contributed by atoms with Crippen LogP contribution in [0.2, 0.25) is 0 Å². The first-order chi connectivity index (χ1) is 7.75. The topological polar surface area (TPSA) is 3.24 Å². The van der Waals surface area contributed by atoms with Gasteiger partial charge in [-0.15, -0.1) is 0 Å². The van der Waals surface area contributed by atoms with Gasteiger partial charge in [0.2, 0.25) is 0 Å². The van der Waals surface area contributed by atoms with E-state index >= 15 is 0 Å². The van der Waals surface area contributed by atoms with Crippen molar-refractivity contribution in [2.75, 3.05) is 6.54 Å². The van der Waals surface area contributed by atoms with E-state index in [1.807, 2.05) is 27.7 Å². The van der Waals surface area contributed by atoms with Gasteiger partial charge in [-0.2, -0.15) is 0 Å². The summed E-state index contributed by atoms with van der Waals surface area (Å²) in [6, 6.07) is 0.783. The zero-order chi connectivity index (χ0) is 12.3. The van der Waals surface area contributed by atoms with E-state index in [9.17, 15) is 4.39 Å².